The maximum Gasteiger partial charge on any atom is 0.339 e. The second kappa shape index (κ2) is 22.5. The first kappa shape index (κ1) is 35.9. The summed E-state index contributed by atoms with van der Waals surface area (Å²) in [6.07, 6.45) is 32.5. The summed E-state index contributed by atoms with van der Waals surface area (Å²) in [5.41, 5.74) is -0.0789. The van der Waals surface area contributed by atoms with Gasteiger partial charge in [-0.1, -0.05) is 93.7 Å². The number of nitrogens with one attached hydrogen (secondary N) is 2. The molecule has 0 saturated heterocycles. The molecule has 0 aliphatic carbocycles. The van der Waals surface area contributed by atoms with Gasteiger partial charge >= 0.3 is 5.97 Å². The Hall–Kier alpha value is -4.13. The van der Waals surface area contributed by atoms with E-state index in [0.29, 0.717) is 12.8 Å². The Bertz CT molecular complexity index is 1140. The Kier molecular flexibility index (Phi) is 19.3. The highest BCUT2D eigenvalue weighted by Crippen LogP contribution is 2.22. The molecule has 0 saturated carbocycles. The van der Waals surface area contributed by atoms with Crippen LogP contribution in [0.3, 0.4) is 0 Å². The predicted molar refractivity (Wildman–Crippen MR) is 173 cm³/mol. The van der Waals surface area contributed by atoms with Gasteiger partial charge in [0.25, 0.3) is 0 Å². The van der Waals surface area contributed by atoms with Gasteiger partial charge in [0.15, 0.2) is 0 Å². The number of anilines is 1. The molecule has 1 atom stereocenters. The summed E-state index contributed by atoms with van der Waals surface area (Å²) >= 11 is 0. The molecule has 0 radical (unpaired) electrons. The third kappa shape index (κ3) is 17.5. The number of carbonyl (C=O) groups is 3. The number of phenols is 1. The van der Waals surface area contributed by atoms with Crippen LogP contribution < -0.4 is 10.6 Å². The first-order valence-corrected chi connectivity index (χ1v) is 14.8. The zero-order valence-corrected chi connectivity index (χ0v) is 25.3. The lowest BCUT2D eigenvalue weighted by Gasteiger charge is -2.20. The number of carbonyl (C=O) groups excluding carboxylic acids is 2. The van der Waals surface area contributed by atoms with Gasteiger partial charge in [0.1, 0.15) is 17.4 Å². The molecule has 0 heterocycles. The van der Waals surface area contributed by atoms with Crippen molar-refractivity contribution in [2.24, 2.45) is 5.92 Å². The second-order valence-corrected chi connectivity index (χ2v) is 10.2. The number of hydrogen-bond donors (Lipinski definition) is 4. The van der Waals surface area contributed by atoms with Gasteiger partial charge < -0.3 is 20.8 Å². The summed E-state index contributed by atoms with van der Waals surface area (Å²) in [6, 6.07) is 3.05. The van der Waals surface area contributed by atoms with Crippen LogP contribution in [0.25, 0.3) is 0 Å². The van der Waals surface area contributed by atoms with E-state index in [1.165, 1.54) is 18.2 Å². The molecule has 7 nitrogen and oxygen atoms in total. The van der Waals surface area contributed by atoms with Crippen molar-refractivity contribution in [3.05, 3.63) is 96.7 Å². The highest BCUT2D eigenvalue weighted by atomic mass is 16.4. The molecule has 1 aromatic carbocycles. The maximum atomic E-state index is 12.8. The van der Waals surface area contributed by atoms with Gasteiger partial charge in [0.05, 0.1) is 0 Å². The number of aromatic carboxylic acids is 1. The van der Waals surface area contributed by atoms with Gasteiger partial charge in [-0.2, -0.15) is 0 Å². The van der Waals surface area contributed by atoms with Crippen molar-refractivity contribution in [2.45, 2.75) is 84.6 Å². The molecule has 7 heteroatoms. The molecule has 0 aliphatic heterocycles. The molecule has 2 amide bonds. The first-order valence-electron chi connectivity index (χ1n) is 14.8. The van der Waals surface area contributed by atoms with Gasteiger partial charge in [-0.15, -0.1) is 0 Å². The third-order valence-corrected chi connectivity index (χ3v) is 5.99. The highest BCUT2D eigenvalue weighted by molar-refractivity contribution is 5.99. The van der Waals surface area contributed by atoms with E-state index >= 15 is 0 Å². The fourth-order valence-electron chi connectivity index (χ4n) is 3.84. The standard InChI is InChI=1S/C35H48N2O5/c1-4-5-6-7-8-9-10-11-12-13-14-15-16-17-18-19-20-21-22-23-33(39)37-31(26-28(2)3)34(40)36-29-24-25-32(38)30(27-29)35(41)42/h5-6,8-9,11-12,14-15,17-18,20-21,24-25,27-28,31,38H,4,7,10,13,16,19,22-23,26H2,1-3H3,(H,36,40)(H,37,39)(H,41,42). The van der Waals surface area contributed by atoms with Crippen molar-refractivity contribution >= 4 is 23.5 Å². The minimum atomic E-state index is -1.30. The number of amides is 2. The lowest BCUT2D eigenvalue weighted by atomic mass is 10.0. The Morgan fingerprint density at radius 1 is 0.786 bits per heavy atom. The van der Waals surface area contributed by atoms with Crippen LogP contribution in [-0.4, -0.2) is 34.0 Å². The summed E-state index contributed by atoms with van der Waals surface area (Å²) in [4.78, 5) is 36.6. The van der Waals surface area contributed by atoms with Crippen molar-refractivity contribution in [1.82, 2.24) is 5.32 Å². The van der Waals surface area contributed by atoms with Crippen molar-refractivity contribution < 1.29 is 24.6 Å². The van der Waals surface area contributed by atoms with Crippen LogP contribution in [0.4, 0.5) is 5.69 Å². The summed E-state index contributed by atoms with van der Waals surface area (Å²) in [5, 5.41) is 24.3. The molecule has 4 N–H and O–H groups in total. The van der Waals surface area contributed by atoms with Crippen molar-refractivity contribution in [3.63, 3.8) is 0 Å². The lowest BCUT2D eigenvalue weighted by Crippen LogP contribution is -2.44. The molecule has 0 fully saturated rings. The van der Waals surface area contributed by atoms with E-state index in [9.17, 15) is 24.6 Å². The minimum Gasteiger partial charge on any atom is -0.507 e. The van der Waals surface area contributed by atoms with Gasteiger partial charge in [-0.25, -0.2) is 4.79 Å². The fourth-order valence-corrected chi connectivity index (χ4v) is 3.84. The molecule has 0 aliphatic rings. The quantitative estimate of drug-likeness (QED) is 0.0926. The number of allylic oxidation sites excluding steroid dienone is 12. The molecule has 1 rings (SSSR count). The molecule has 1 unspecified atom stereocenters. The zero-order valence-electron chi connectivity index (χ0n) is 25.3. The number of hydrogen-bond acceptors (Lipinski definition) is 4. The van der Waals surface area contributed by atoms with E-state index in [-0.39, 0.29) is 35.2 Å². The van der Waals surface area contributed by atoms with Crippen LogP contribution in [0.1, 0.15) is 88.9 Å². The summed E-state index contributed by atoms with van der Waals surface area (Å²) < 4.78 is 0. The van der Waals surface area contributed by atoms with Crippen LogP contribution in [-0.2, 0) is 9.59 Å². The smallest absolute Gasteiger partial charge is 0.339 e. The molecule has 0 aromatic heterocycles. The number of aromatic hydroxyl groups is 1. The van der Waals surface area contributed by atoms with Crippen molar-refractivity contribution in [3.8, 4) is 5.75 Å². The number of benzene rings is 1. The molecule has 228 valence electrons. The Morgan fingerprint density at radius 3 is 1.76 bits per heavy atom. The molecular weight excluding hydrogens is 528 g/mol. The molecular formula is C35H48N2O5. The van der Waals surface area contributed by atoms with E-state index < -0.39 is 17.9 Å². The van der Waals surface area contributed by atoms with E-state index in [1.807, 2.05) is 26.0 Å². The predicted octanol–water partition coefficient (Wildman–Crippen LogP) is 8.04. The van der Waals surface area contributed by atoms with Crippen LogP contribution in [0.5, 0.6) is 5.75 Å². The zero-order chi connectivity index (χ0) is 31.0. The Morgan fingerprint density at radius 2 is 1.29 bits per heavy atom. The molecule has 0 bridgehead atoms. The molecule has 1 aromatic rings. The maximum absolute atomic E-state index is 12.8. The van der Waals surface area contributed by atoms with E-state index in [0.717, 1.165) is 38.5 Å². The Balaban J connectivity index is 2.33. The Labute approximate surface area is 251 Å². The van der Waals surface area contributed by atoms with E-state index in [4.69, 9.17) is 0 Å². The van der Waals surface area contributed by atoms with Crippen LogP contribution >= 0.6 is 0 Å². The fraction of sp³-hybridized carbons (Fsp3) is 0.400. The summed E-state index contributed by atoms with van der Waals surface area (Å²) in [6.45, 7) is 6.04. The van der Waals surface area contributed by atoms with Gasteiger partial charge in [0, 0.05) is 12.1 Å². The minimum absolute atomic E-state index is 0.152. The molecule has 42 heavy (non-hydrogen) atoms. The topological polar surface area (TPSA) is 116 Å². The van der Waals surface area contributed by atoms with Gasteiger partial charge in [-0.3, -0.25) is 9.59 Å². The molecule has 0 spiro atoms. The van der Waals surface area contributed by atoms with Gasteiger partial charge in [-0.05, 0) is 75.5 Å². The van der Waals surface area contributed by atoms with Crippen molar-refractivity contribution in [2.75, 3.05) is 5.32 Å². The van der Waals surface area contributed by atoms with E-state index in [1.54, 1.807) is 0 Å². The van der Waals surface area contributed by atoms with Crippen LogP contribution in [0, 0.1) is 5.92 Å². The number of carboxylic acid groups (broad SMARTS) is 1. The SMILES string of the molecule is CCC=CCC=CCC=CCC=CCC=CCC=CCCC(=O)NC(CC(C)C)C(=O)Nc1ccc(O)c(C(=O)O)c1. The second-order valence-electron chi connectivity index (χ2n) is 10.2. The lowest BCUT2D eigenvalue weighted by molar-refractivity contribution is -0.126. The largest absolute Gasteiger partial charge is 0.507 e. The summed E-state index contributed by atoms with van der Waals surface area (Å²) in [5.74, 6) is -2.20. The summed E-state index contributed by atoms with van der Waals surface area (Å²) in [7, 11) is 0. The van der Waals surface area contributed by atoms with E-state index in [2.05, 4.69) is 78.3 Å². The third-order valence-electron chi connectivity index (χ3n) is 5.99. The highest BCUT2D eigenvalue weighted by Gasteiger charge is 2.22. The first-order chi connectivity index (χ1) is 20.2. The number of carboxylic acids is 1. The average molecular weight is 577 g/mol. The van der Waals surface area contributed by atoms with Gasteiger partial charge in [0.2, 0.25) is 11.8 Å². The monoisotopic (exact) mass is 576 g/mol. The van der Waals surface area contributed by atoms with Crippen molar-refractivity contribution in [1.29, 1.82) is 0 Å². The van der Waals surface area contributed by atoms with Crippen LogP contribution in [0.15, 0.2) is 91.1 Å². The van der Waals surface area contributed by atoms with Crippen LogP contribution in [0.2, 0.25) is 0 Å². The number of rotatable bonds is 20. The average Bonchev–Trinajstić information content (AvgIpc) is 2.94. The normalized spacial score (nSPS) is 13.0.